The number of rotatable bonds is 6. The summed E-state index contributed by atoms with van der Waals surface area (Å²) in [4.78, 5) is 4.42. The van der Waals surface area contributed by atoms with Gasteiger partial charge in [0.2, 0.25) is 0 Å². The second kappa shape index (κ2) is 5.98. The van der Waals surface area contributed by atoms with E-state index < -0.39 is 0 Å². The summed E-state index contributed by atoms with van der Waals surface area (Å²) in [5, 5.41) is 6.45. The molecule has 1 aromatic heterocycles. The van der Waals surface area contributed by atoms with E-state index in [0.29, 0.717) is 6.04 Å². The highest BCUT2D eigenvalue weighted by Gasteiger charge is 1.99. The molecule has 0 spiro atoms. The smallest absolute Gasteiger partial charge is 0.182 e. The molecule has 1 atom stereocenters. The molecule has 0 aliphatic heterocycles. The highest BCUT2D eigenvalue weighted by molar-refractivity contribution is 7.13. The highest BCUT2D eigenvalue weighted by Crippen LogP contribution is 2.15. The molecule has 1 unspecified atom stereocenters. The standard InChI is InChI=1S/C10H19N3S/c1-3-9-7-14-10(13-9)12-6-4-5-8(2)11/h7-8H,3-6,11H2,1-2H3,(H,12,13). The van der Waals surface area contributed by atoms with E-state index in [1.165, 1.54) is 5.69 Å². The maximum Gasteiger partial charge on any atom is 0.182 e. The Kier molecular flexibility index (Phi) is 4.90. The van der Waals surface area contributed by atoms with Crippen LogP contribution in [0, 0.1) is 0 Å². The molecule has 0 radical (unpaired) electrons. The predicted octanol–water partition coefficient (Wildman–Crippen LogP) is 2.24. The van der Waals surface area contributed by atoms with Gasteiger partial charge in [0.05, 0.1) is 5.69 Å². The zero-order chi connectivity index (χ0) is 10.4. The Morgan fingerprint density at radius 1 is 1.64 bits per heavy atom. The first-order chi connectivity index (χ1) is 6.72. The van der Waals surface area contributed by atoms with Crippen molar-refractivity contribution in [3.05, 3.63) is 11.1 Å². The van der Waals surface area contributed by atoms with Gasteiger partial charge in [-0.1, -0.05) is 6.92 Å². The highest BCUT2D eigenvalue weighted by atomic mass is 32.1. The van der Waals surface area contributed by atoms with Gasteiger partial charge < -0.3 is 11.1 Å². The molecule has 0 amide bonds. The number of nitrogens with one attached hydrogen (secondary N) is 1. The molecule has 0 saturated carbocycles. The van der Waals surface area contributed by atoms with Gasteiger partial charge >= 0.3 is 0 Å². The number of hydrogen-bond donors (Lipinski definition) is 2. The molecule has 0 aromatic carbocycles. The van der Waals surface area contributed by atoms with E-state index in [-0.39, 0.29) is 0 Å². The van der Waals surface area contributed by atoms with Crippen LogP contribution in [-0.4, -0.2) is 17.6 Å². The van der Waals surface area contributed by atoms with E-state index in [4.69, 9.17) is 5.73 Å². The number of nitrogens with two attached hydrogens (primary N) is 1. The van der Waals surface area contributed by atoms with Gasteiger partial charge in [0.15, 0.2) is 5.13 Å². The Hall–Kier alpha value is -0.610. The number of aryl methyl sites for hydroxylation is 1. The van der Waals surface area contributed by atoms with E-state index in [0.717, 1.165) is 30.9 Å². The van der Waals surface area contributed by atoms with Crippen LogP contribution in [0.15, 0.2) is 5.38 Å². The van der Waals surface area contributed by atoms with Gasteiger partial charge in [-0.15, -0.1) is 11.3 Å². The summed E-state index contributed by atoms with van der Waals surface area (Å²) in [5.74, 6) is 0. The first-order valence-electron chi connectivity index (χ1n) is 5.16. The van der Waals surface area contributed by atoms with Crippen molar-refractivity contribution in [3.63, 3.8) is 0 Å². The Balaban J connectivity index is 2.18. The molecule has 1 rings (SSSR count). The summed E-state index contributed by atoms with van der Waals surface area (Å²) >= 11 is 1.68. The molecule has 0 bridgehead atoms. The number of hydrogen-bond acceptors (Lipinski definition) is 4. The van der Waals surface area contributed by atoms with Crippen molar-refractivity contribution in [1.82, 2.24) is 4.98 Å². The Bertz CT molecular complexity index is 258. The van der Waals surface area contributed by atoms with E-state index >= 15 is 0 Å². The second-order valence-corrected chi connectivity index (χ2v) is 4.40. The van der Waals surface area contributed by atoms with Crippen molar-refractivity contribution in [1.29, 1.82) is 0 Å². The minimum absolute atomic E-state index is 0.305. The summed E-state index contributed by atoms with van der Waals surface area (Å²) in [6.45, 7) is 5.13. The fourth-order valence-electron chi connectivity index (χ4n) is 1.17. The largest absolute Gasteiger partial charge is 0.362 e. The third-order valence-electron chi connectivity index (χ3n) is 2.03. The van der Waals surface area contributed by atoms with Gasteiger partial charge in [0.1, 0.15) is 0 Å². The monoisotopic (exact) mass is 213 g/mol. The van der Waals surface area contributed by atoms with E-state index in [9.17, 15) is 0 Å². The number of aromatic nitrogens is 1. The van der Waals surface area contributed by atoms with Crippen molar-refractivity contribution < 1.29 is 0 Å². The fourth-order valence-corrected chi connectivity index (χ4v) is 1.99. The summed E-state index contributed by atoms with van der Waals surface area (Å²) < 4.78 is 0. The van der Waals surface area contributed by atoms with E-state index in [1.807, 2.05) is 6.92 Å². The molecule has 0 saturated heterocycles. The van der Waals surface area contributed by atoms with Crippen molar-refractivity contribution >= 4 is 16.5 Å². The molecule has 1 aromatic rings. The summed E-state index contributed by atoms with van der Waals surface area (Å²) in [5.41, 5.74) is 6.83. The van der Waals surface area contributed by atoms with Crippen LogP contribution in [0.25, 0.3) is 0 Å². The lowest BCUT2D eigenvalue weighted by Crippen LogP contribution is -2.16. The molecule has 3 N–H and O–H groups in total. The molecule has 80 valence electrons. The van der Waals surface area contributed by atoms with Crippen LogP contribution in [0.3, 0.4) is 0 Å². The van der Waals surface area contributed by atoms with Gasteiger partial charge in [0, 0.05) is 18.0 Å². The number of anilines is 1. The van der Waals surface area contributed by atoms with Gasteiger partial charge in [0.25, 0.3) is 0 Å². The minimum atomic E-state index is 0.305. The second-order valence-electron chi connectivity index (χ2n) is 3.54. The van der Waals surface area contributed by atoms with Crippen molar-refractivity contribution in [3.8, 4) is 0 Å². The van der Waals surface area contributed by atoms with Crippen molar-refractivity contribution in [2.75, 3.05) is 11.9 Å². The third-order valence-corrected chi connectivity index (χ3v) is 2.88. The zero-order valence-corrected chi connectivity index (χ0v) is 9.73. The number of nitrogens with zero attached hydrogens (tertiary/aromatic N) is 1. The molecule has 3 nitrogen and oxygen atoms in total. The lowest BCUT2D eigenvalue weighted by molar-refractivity contribution is 0.639. The lowest BCUT2D eigenvalue weighted by Gasteiger charge is -2.04. The summed E-state index contributed by atoms with van der Waals surface area (Å²) in [6, 6.07) is 0.305. The lowest BCUT2D eigenvalue weighted by atomic mass is 10.2. The van der Waals surface area contributed by atoms with Crippen LogP contribution in [0.4, 0.5) is 5.13 Å². The summed E-state index contributed by atoms with van der Waals surface area (Å²) in [6.07, 6.45) is 3.19. The van der Waals surface area contributed by atoms with Crippen LogP contribution in [0.5, 0.6) is 0 Å². The third kappa shape index (κ3) is 4.07. The van der Waals surface area contributed by atoms with Crippen LogP contribution >= 0.6 is 11.3 Å². The van der Waals surface area contributed by atoms with Gasteiger partial charge in [-0.25, -0.2) is 4.98 Å². The number of thiazole rings is 1. The normalized spacial score (nSPS) is 12.8. The molecule has 4 heteroatoms. The maximum absolute atomic E-state index is 5.66. The first kappa shape index (κ1) is 11.5. The molecule has 1 heterocycles. The van der Waals surface area contributed by atoms with Crippen LogP contribution in [0.1, 0.15) is 32.4 Å². The quantitative estimate of drug-likeness (QED) is 0.713. The SMILES string of the molecule is CCc1csc(NCCCC(C)N)n1. The van der Waals surface area contributed by atoms with Crippen LogP contribution in [0.2, 0.25) is 0 Å². The van der Waals surface area contributed by atoms with Gasteiger partial charge in [-0.3, -0.25) is 0 Å². The fraction of sp³-hybridized carbons (Fsp3) is 0.700. The average molecular weight is 213 g/mol. The molecule has 0 aliphatic rings. The van der Waals surface area contributed by atoms with Gasteiger partial charge in [-0.2, -0.15) is 0 Å². The molecule has 0 fully saturated rings. The minimum Gasteiger partial charge on any atom is -0.362 e. The molecule has 0 aliphatic carbocycles. The van der Waals surface area contributed by atoms with E-state index in [2.05, 4.69) is 22.6 Å². The van der Waals surface area contributed by atoms with Gasteiger partial charge in [-0.05, 0) is 26.2 Å². The summed E-state index contributed by atoms with van der Waals surface area (Å²) in [7, 11) is 0. The Morgan fingerprint density at radius 2 is 2.43 bits per heavy atom. The Labute approximate surface area is 89.7 Å². The maximum atomic E-state index is 5.66. The first-order valence-corrected chi connectivity index (χ1v) is 6.04. The van der Waals surface area contributed by atoms with Crippen LogP contribution < -0.4 is 11.1 Å². The zero-order valence-electron chi connectivity index (χ0n) is 8.92. The van der Waals surface area contributed by atoms with E-state index in [1.54, 1.807) is 11.3 Å². The molecular formula is C10H19N3S. The predicted molar refractivity (Wildman–Crippen MR) is 62.9 cm³/mol. The van der Waals surface area contributed by atoms with Crippen molar-refractivity contribution in [2.45, 2.75) is 39.2 Å². The topological polar surface area (TPSA) is 50.9 Å². The molecule has 14 heavy (non-hydrogen) atoms. The average Bonchev–Trinajstić information content (AvgIpc) is 2.60. The van der Waals surface area contributed by atoms with Crippen LogP contribution in [-0.2, 0) is 6.42 Å². The Morgan fingerprint density at radius 3 is 3.00 bits per heavy atom. The van der Waals surface area contributed by atoms with Crippen molar-refractivity contribution in [2.24, 2.45) is 5.73 Å². The molecular weight excluding hydrogens is 194 g/mol.